The highest BCUT2D eigenvalue weighted by Gasteiger charge is 2.36. The summed E-state index contributed by atoms with van der Waals surface area (Å²) in [6.07, 6.45) is -3.42. The van der Waals surface area contributed by atoms with Crippen LogP contribution in [0.5, 0.6) is 0 Å². The number of azo groups is 1. The second-order valence-corrected chi connectivity index (χ2v) is 11.7. The molecule has 2 heterocycles. The zero-order valence-corrected chi connectivity index (χ0v) is 21.3. The number of sulfonamides is 1. The van der Waals surface area contributed by atoms with Crippen LogP contribution in [0, 0.1) is 0 Å². The van der Waals surface area contributed by atoms with Crippen molar-refractivity contribution in [2.24, 2.45) is 10.2 Å². The maximum Gasteiger partial charge on any atom is 0.404 e. The van der Waals surface area contributed by atoms with Gasteiger partial charge in [0.2, 0.25) is 15.0 Å². The Balaban J connectivity index is 1.95. The van der Waals surface area contributed by atoms with E-state index in [1.165, 1.54) is 6.07 Å². The quantitative estimate of drug-likeness (QED) is 0.409. The zero-order valence-electron chi connectivity index (χ0n) is 19.7. The second-order valence-electron chi connectivity index (χ2n) is 9.06. The largest absolute Gasteiger partial charge is 0.455 e. The number of esters is 1. The van der Waals surface area contributed by atoms with Crippen LogP contribution in [0.25, 0.3) is 0 Å². The number of fused-ring (bicyclic) bond motifs is 1. The number of ether oxygens (including phenoxy) is 1. The van der Waals surface area contributed by atoms with Gasteiger partial charge in [0, 0.05) is 18.8 Å². The van der Waals surface area contributed by atoms with Crippen LogP contribution in [-0.4, -0.2) is 55.2 Å². The van der Waals surface area contributed by atoms with Crippen molar-refractivity contribution in [3.8, 4) is 0 Å². The number of nitrogens with zero attached hydrogens (tertiary/aromatic N) is 5. The molecule has 0 saturated heterocycles. The monoisotopic (exact) mass is 534 g/mol. The van der Waals surface area contributed by atoms with Gasteiger partial charge in [0.15, 0.2) is 5.75 Å². The van der Waals surface area contributed by atoms with Crippen molar-refractivity contribution in [1.82, 2.24) is 10.2 Å². The third-order valence-electron chi connectivity index (χ3n) is 4.92. The highest BCUT2D eigenvalue weighted by Crippen LogP contribution is 2.39. The number of hydrogen-bond donors (Lipinski definition) is 1. The Morgan fingerprint density at radius 3 is 2.57 bits per heavy atom. The molecular formula is C20H25F3N6O4S2. The van der Waals surface area contributed by atoms with E-state index in [9.17, 15) is 26.4 Å². The minimum Gasteiger partial charge on any atom is -0.455 e. The summed E-state index contributed by atoms with van der Waals surface area (Å²) in [5, 5.41) is 15.3. The summed E-state index contributed by atoms with van der Waals surface area (Å²) in [6.45, 7) is 7.08. The number of anilines is 2. The Morgan fingerprint density at radius 1 is 1.26 bits per heavy atom. The third-order valence-corrected chi connectivity index (χ3v) is 6.95. The van der Waals surface area contributed by atoms with Crippen molar-refractivity contribution in [2.45, 2.75) is 58.4 Å². The van der Waals surface area contributed by atoms with E-state index in [0.717, 1.165) is 23.3 Å². The Kier molecular flexibility index (Phi) is 7.41. The van der Waals surface area contributed by atoms with Gasteiger partial charge in [-0.3, -0.25) is 4.72 Å². The number of alkyl halides is 3. The van der Waals surface area contributed by atoms with E-state index in [-0.39, 0.29) is 27.6 Å². The summed E-state index contributed by atoms with van der Waals surface area (Å²) >= 11 is 0.804. The molecule has 2 aromatic rings. The molecule has 1 aromatic carbocycles. The fraction of sp³-hybridized carbons (Fsp3) is 0.550. The van der Waals surface area contributed by atoms with Gasteiger partial charge in [-0.05, 0) is 58.2 Å². The Labute approximate surface area is 204 Å². The van der Waals surface area contributed by atoms with Crippen LogP contribution in [0.3, 0.4) is 0 Å². The minimum atomic E-state index is -4.92. The van der Waals surface area contributed by atoms with Gasteiger partial charge in [-0.15, -0.1) is 20.4 Å². The van der Waals surface area contributed by atoms with Gasteiger partial charge in [-0.1, -0.05) is 11.3 Å². The molecule has 15 heteroatoms. The van der Waals surface area contributed by atoms with E-state index in [1.807, 2.05) is 23.6 Å². The lowest BCUT2D eigenvalue weighted by molar-refractivity contribution is -0.106. The summed E-state index contributed by atoms with van der Waals surface area (Å²) in [4.78, 5) is 14.0. The van der Waals surface area contributed by atoms with Crippen molar-refractivity contribution in [3.63, 3.8) is 0 Å². The highest BCUT2D eigenvalue weighted by atomic mass is 32.2. The van der Waals surface area contributed by atoms with Gasteiger partial charge in [-0.2, -0.15) is 13.2 Å². The molecule has 35 heavy (non-hydrogen) atoms. The molecule has 192 valence electrons. The van der Waals surface area contributed by atoms with Crippen LogP contribution < -0.4 is 9.62 Å². The first-order valence-electron chi connectivity index (χ1n) is 10.5. The lowest BCUT2D eigenvalue weighted by atomic mass is 9.96. The number of halogens is 3. The molecule has 1 atom stereocenters. The second kappa shape index (κ2) is 9.68. The van der Waals surface area contributed by atoms with Crippen molar-refractivity contribution >= 4 is 49.5 Å². The summed E-state index contributed by atoms with van der Waals surface area (Å²) in [5.74, 6) is -2.74. The summed E-state index contributed by atoms with van der Waals surface area (Å²) in [5.41, 5.74) is 0.627. The molecule has 0 amide bonds. The molecule has 0 spiro atoms. The van der Waals surface area contributed by atoms with Gasteiger partial charge in [0.1, 0.15) is 11.3 Å². The van der Waals surface area contributed by atoms with Crippen LogP contribution in [-0.2, 0) is 21.2 Å². The van der Waals surface area contributed by atoms with Gasteiger partial charge < -0.3 is 9.64 Å². The van der Waals surface area contributed by atoms with Crippen LogP contribution in [0.4, 0.5) is 35.4 Å². The van der Waals surface area contributed by atoms with Gasteiger partial charge >= 0.3 is 12.1 Å². The molecular weight excluding hydrogens is 509 g/mol. The van der Waals surface area contributed by atoms with Crippen LogP contribution in [0.1, 0.15) is 49.5 Å². The molecule has 1 aliphatic rings. The number of carbonyl (C=O) groups is 1. The number of benzene rings is 1. The number of aromatic nitrogens is 2. The maximum absolute atomic E-state index is 12.8. The number of carbonyl (C=O) groups excluding carboxylic acids is 1. The van der Waals surface area contributed by atoms with Crippen LogP contribution in [0.2, 0.25) is 0 Å². The summed E-state index contributed by atoms with van der Waals surface area (Å²) in [7, 11) is -2.94. The van der Waals surface area contributed by atoms with E-state index < -0.39 is 33.5 Å². The molecule has 1 aliphatic heterocycles. The predicted molar refractivity (Wildman–Crippen MR) is 125 cm³/mol. The first-order chi connectivity index (χ1) is 16.0. The molecule has 3 rings (SSSR count). The molecule has 0 fully saturated rings. The van der Waals surface area contributed by atoms with E-state index in [2.05, 4.69) is 20.4 Å². The van der Waals surface area contributed by atoms with Crippen molar-refractivity contribution < 1.29 is 31.1 Å². The molecule has 0 aliphatic carbocycles. The zero-order chi connectivity index (χ0) is 26.2. The average molecular weight is 535 g/mol. The maximum atomic E-state index is 12.8. The predicted octanol–water partition coefficient (Wildman–Crippen LogP) is 4.98. The van der Waals surface area contributed by atoms with Crippen molar-refractivity contribution in [3.05, 3.63) is 22.7 Å². The molecule has 0 saturated carbocycles. The summed E-state index contributed by atoms with van der Waals surface area (Å²) < 4.78 is 69.8. The molecule has 1 aromatic heterocycles. The first kappa shape index (κ1) is 26.8. The van der Waals surface area contributed by atoms with Gasteiger partial charge in [0.05, 0.1) is 5.69 Å². The smallest absolute Gasteiger partial charge is 0.404 e. The minimum absolute atomic E-state index is 0.00599. The Bertz CT molecular complexity index is 1240. The SMILES string of the molecule is CC1CCc2cc(N=Nc3nnc(C(=O)OC(C)(C)C)s3)c(NS(=O)(=O)CC(F)(F)F)cc2N1C. The lowest BCUT2D eigenvalue weighted by Gasteiger charge is -2.34. The topological polar surface area (TPSA) is 126 Å². The Morgan fingerprint density at radius 2 is 1.94 bits per heavy atom. The number of hydrogen-bond acceptors (Lipinski definition) is 10. The van der Waals surface area contributed by atoms with E-state index in [0.29, 0.717) is 12.1 Å². The molecule has 10 nitrogen and oxygen atoms in total. The Hall–Kier alpha value is -2.81. The fourth-order valence-corrected chi connectivity index (χ4v) is 4.83. The van der Waals surface area contributed by atoms with E-state index in [1.54, 1.807) is 26.8 Å². The van der Waals surface area contributed by atoms with Crippen molar-refractivity contribution in [2.75, 3.05) is 22.4 Å². The van der Waals surface area contributed by atoms with E-state index >= 15 is 0 Å². The molecule has 1 N–H and O–H groups in total. The van der Waals surface area contributed by atoms with E-state index in [4.69, 9.17) is 4.74 Å². The highest BCUT2D eigenvalue weighted by molar-refractivity contribution is 7.92. The van der Waals surface area contributed by atoms with Crippen LogP contribution in [0.15, 0.2) is 22.4 Å². The summed E-state index contributed by atoms with van der Waals surface area (Å²) in [6, 6.07) is 3.17. The fourth-order valence-electron chi connectivity index (χ4n) is 3.28. The number of rotatable bonds is 6. The number of aryl methyl sites for hydroxylation is 1. The molecule has 0 radical (unpaired) electrons. The van der Waals surface area contributed by atoms with Gasteiger partial charge in [0.25, 0.3) is 5.13 Å². The first-order valence-corrected chi connectivity index (χ1v) is 13.0. The molecule has 0 bridgehead atoms. The van der Waals surface area contributed by atoms with Crippen molar-refractivity contribution in [1.29, 1.82) is 0 Å². The normalized spacial score (nSPS) is 16.9. The standard InChI is InChI=1S/C20H25F3N6O4S2/c1-11-6-7-12-8-13(24-26-18-27-25-16(34-18)17(30)33-19(2,3)4)14(9-15(12)29(11)5)28-35(31,32)10-20(21,22)23/h8-9,11,28H,6-7,10H2,1-5H3. The lowest BCUT2D eigenvalue weighted by Crippen LogP contribution is -2.33. The molecule has 1 unspecified atom stereocenters. The average Bonchev–Trinajstić information content (AvgIpc) is 3.15. The number of nitrogens with one attached hydrogen (secondary N) is 1. The van der Waals surface area contributed by atoms with Crippen LogP contribution >= 0.6 is 11.3 Å². The third kappa shape index (κ3) is 7.34. The van der Waals surface area contributed by atoms with Gasteiger partial charge in [-0.25, -0.2) is 13.2 Å².